The number of nitrogens with one attached hydrogen (secondary N) is 1. The van der Waals surface area contributed by atoms with Crippen molar-refractivity contribution in [1.82, 2.24) is 5.32 Å². The van der Waals surface area contributed by atoms with Crippen LogP contribution < -0.4 is 10.1 Å². The Kier molecular flexibility index (Phi) is 4.73. The third-order valence-corrected chi connectivity index (χ3v) is 1.96. The number of hydrogen-bond acceptors (Lipinski definition) is 4. The van der Waals surface area contributed by atoms with Gasteiger partial charge in [-0.1, -0.05) is 18.2 Å². The number of para-hydroxylation sites is 1. The summed E-state index contributed by atoms with van der Waals surface area (Å²) in [6.45, 7) is 3.83. The summed E-state index contributed by atoms with van der Waals surface area (Å²) >= 11 is 0. The zero-order valence-electron chi connectivity index (χ0n) is 10.2. The second-order valence-corrected chi connectivity index (χ2v) is 3.59. The van der Waals surface area contributed by atoms with Crippen LogP contribution in [0.1, 0.15) is 13.8 Å². The molecule has 0 fully saturated rings. The summed E-state index contributed by atoms with van der Waals surface area (Å²) in [5.41, 5.74) is 0. The molecule has 0 amide bonds. The molecule has 1 aromatic rings. The van der Waals surface area contributed by atoms with Crippen LogP contribution in [0.15, 0.2) is 30.3 Å². The van der Waals surface area contributed by atoms with Crippen molar-refractivity contribution >= 4 is 0 Å². The summed E-state index contributed by atoms with van der Waals surface area (Å²) in [5, 5.41) is 2.88. The number of methoxy groups -OCH3 is 1. The first-order valence-electron chi connectivity index (χ1n) is 5.28. The van der Waals surface area contributed by atoms with Crippen LogP contribution in [0.5, 0.6) is 5.75 Å². The molecule has 0 heterocycles. The second kappa shape index (κ2) is 5.84. The monoisotopic (exact) mass is 225 g/mol. The molecule has 0 saturated carbocycles. The van der Waals surface area contributed by atoms with Crippen LogP contribution in [0.2, 0.25) is 0 Å². The molecular formula is C12H19NO3. The first-order chi connectivity index (χ1) is 7.62. The normalized spacial score (nSPS) is 14.8. The van der Waals surface area contributed by atoms with E-state index in [-0.39, 0.29) is 6.10 Å². The van der Waals surface area contributed by atoms with Crippen molar-refractivity contribution in [2.24, 2.45) is 0 Å². The van der Waals surface area contributed by atoms with Crippen molar-refractivity contribution in [1.29, 1.82) is 0 Å². The molecule has 90 valence electrons. The molecular weight excluding hydrogens is 206 g/mol. The predicted molar refractivity (Wildman–Crippen MR) is 62.1 cm³/mol. The van der Waals surface area contributed by atoms with Crippen LogP contribution in [-0.4, -0.2) is 26.4 Å². The van der Waals surface area contributed by atoms with Crippen LogP contribution in [0.4, 0.5) is 0 Å². The van der Waals surface area contributed by atoms with Gasteiger partial charge in [0.15, 0.2) is 0 Å². The van der Waals surface area contributed by atoms with Gasteiger partial charge in [0.1, 0.15) is 5.75 Å². The van der Waals surface area contributed by atoms with E-state index in [0.29, 0.717) is 5.75 Å². The SMILES string of the molecule is CNC(OC)(Oc1ccccc1)OC(C)C. The summed E-state index contributed by atoms with van der Waals surface area (Å²) in [5.74, 6) is 0.680. The quantitative estimate of drug-likeness (QED) is 0.751. The molecule has 0 spiro atoms. The van der Waals surface area contributed by atoms with Gasteiger partial charge in [0.2, 0.25) is 0 Å². The Hall–Kier alpha value is -1.10. The number of rotatable bonds is 6. The van der Waals surface area contributed by atoms with Gasteiger partial charge in [-0.25, -0.2) is 5.32 Å². The highest BCUT2D eigenvalue weighted by molar-refractivity contribution is 5.21. The topological polar surface area (TPSA) is 39.7 Å². The molecule has 0 radical (unpaired) electrons. The minimum atomic E-state index is -1.24. The largest absolute Gasteiger partial charge is 0.427 e. The van der Waals surface area contributed by atoms with Gasteiger partial charge in [0.25, 0.3) is 0 Å². The average molecular weight is 225 g/mol. The third-order valence-electron chi connectivity index (χ3n) is 1.96. The predicted octanol–water partition coefficient (Wildman–Crippen LogP) is 1.97. The van der Waals surface area contributed by atoms with E-state index >= 15 is 0 Å². The van der Waals surface area contributed by atoms with Crippen molar-refractivity contribution in [2.45, 2.75) is 26.0 Å². The van der Waals surface area contributed by atoms with Gasteiger partial charge >= 0.3 is 6.10 Å². The van der Waals surface area contributed by atoms with E-state index in [1.807, 2.05) is 44.2 Å². The maximum atomic E-state index is 5.66. The minimum absolute atomic E-state index is 0.0175. The van der Waals surface area contributed by atoms with Gasteiger partial charge in [-0.05, 0) is 33.0 Å². The molecule has 1 aromatic carbocycles. The standard InChI is InChI=1S/C12H19NO3/c1-10(2)15-12(13-3,14-4)16-11-8-6-5-7-9-11/h5-10,13H,1-4H3. The Morgan fingerprint density at radius 2 is 1.81 bits per heavy atom. The fraction of sp³-hybridized carbons (Fsp3) is 0.500. The van der Waals surface area contributed by atoms with E-state index < -0.39 is 6.10 Å². The van der Waals surface area contributed by atoms with Crippen molar-refractivity contribution in [3.63, 3.8) is 0 Å². The highest BCUT2D eigenvalue weighted by atomic mass is 16.9. The lowest BCUT2D eigenvalue weighted by Gasteiger charge is -2.32. The molecule has 0 aliphatic rings. The summed E-state index contributed by atoms with van der Waals surface area (Å²) < 4.78 is 16.5. The van der Waals surface area contributed by atoms with E-state index in [1.165, 1.54) is 7.11 Å². The van der Waals surface area contributed by atoms with Crippen molar-refractivity contribution in [3.8, 4) is 5.75 Å². The van der Waals surface area contributed by atoms with E-state index in [1.54, 1.807) is 7.05 Å². The van der Waals surface area contributed by atoms with E-state index in [0.717, 1.165) is 0 Å². The highest BCUT2D eigenvalue weighted by Crippen LogP contribution is 2.19. The fourth-order valence-electron chi connectivity index (χ4n) is 1.28. The Labute approximate surface area is 96.5 Å². The first-order valence-corrected chi connectivity index (χ1v) is 5.28. The summed E-state index contributed by atoms with van der Waals surface area (Å²) in [7, 11) is 3.25. The second-order valence-electron chi connectivity index (χ2n) is 3.59. The zero-order valence-corrected chi connectivity index (χ0v) is 10.2. The van der Waals surface area contributed by atoms with Crippen LogP contribution >= 0.6 is 0 Å². The van der Waals surface area contributed by atoms with Gasteiger partial charge in [0.05, 0.1) is 6.10 Å². The third kappa shape index (κ3) is 3.48. The van der Waals surface area contributed by atoms with Crippen LogP contribution in [0.3, 0.4) is 0 Å². The van der Waals surface area contributed by atoms with E-state index in [4.69, 9.17) is 14.2 Å². The maximum absolute atomic E-state index is 5.66. The Morgan fingerprint density at radius 3 is 2.25 bits per heavy atom. The minimum Gasteiger partial charge on any atom is -0.427 e. The molecule has 4 nitrogen and oxygen atoms in total. The van der Waals surface area contributed by atoms with Gasteiger partial charge in [-0.15, -0.1) is 0 Å². The van der Waals surface area contributed by atoms with E-state index in [2.05, 4.69) is 5.32 Å². The molecule has 1 atom stereocenters. The molecule has 1 N–H and O–H groups in total. The molecule has 4 heteroatoms. The fourth-order valence-corrected chi connectivity index (χ4v) is 1.28. The summed E-state index contributed by atoms with van der Waals surface area (Å²) in [6.07, 6.45) is -1.26. The average Bonchev–Trinajstić information content (AvgIpc) is 2.29. The van der Waals surface area contributed by atoms with Crippen LogP contribution in [0, 0.1) is 0 Å². The molecule has 0 aliphatic heterocycles. The van der Waals surface area contributed by atoms with Gasteiger partial charge in [-0.3, -0.25) is 0 Å². The molecule has 0 bridgehead atoms. The first kappa shape index (κ1) is 13.0. The maximum Gasteiger partial charge on any atom is 0.396 e. The lowest BCUT2D eigenvalue weighted by atomic mass is 10.3. The molecule has 0 aliphatic carbocycles. The molecule has 1 rings (SSSR count). The Morgan fingerprint density at radius 1 is 1.19 bits per heavy atom. The molecule has 0 saturated heterocycles. The zero-order chi connectivity index (χ0) is 12.0. The molecule has 16 heavy (non-hydrogen) atoms. The lowest BCUT2D eigenvalue weighted by Crippen LogP contribution is -2.53. The number of hydrogen-bond donors (Lipinski definition) is 1. The van der Waals surface area contributed by atoms with Gasteiger partial charge in [0, 0.05) is 7.11 Å². The highest BCUT2D eigenvalue weighted by Gasteiger charge is 2.33. The van der Waals surface area contributed by atoms with Crippen molar-refractivity contribution in [2.75, 3.05) is 14.2 Å². The van der Waals surface area contributed by atoms with Gasteiger partial charge < -0.3 is 14.2 Å². The number of benzene rings is 1. The Bertz CT molecular complexity index is 296. The van der Waals surface area contributed by atoms with E-state index in [9.17, 15) is 0 Å². The summed E-state index contributed by atoms with van der Waals surface area (Å²) in [6, 6.07) is 9.38. The number of ether oxygens (including phenoxy) is 3. The molecule has 1 unspecified atom stereocenters. The smallest absolute Gasteiger partial charge is 0.396 e. The van der Waals surface area contributed by atoms with Crippen molar-refractivity contribution in [3.05, 3.63) is 30.3 Å². The Balaban J connectivity index is 2.78. The van der Waals surface area contributed by atoms with Crippen LogP contribution in [0.25, 0.3) is 0 Å². The van der Waals surface area contributed by atoms with Crippen molar-refractivity contribution < 1.29 is 14.2 Å². The lowest BCUT2D eigenvalue weighted by molar-refractivity contribution is -0.360. The molecule has 0 aromatic heterocycles. The summed E-state index contributed by atoms with van der Waals surface area (Å²) in [4.78, 5) is 0. The van der Waals surface area contributed by atoms with Gasteiger partial charge in [-0.2, -0.15) is 0 Å². The van der Waals surface area contributed by atoms with Crippen LogP contribution in [-0.2, 0) is 9.47 Å².